The first kappa shape index (κ1) is 12.3. The van der Waals surface area contributed by atoms with Crippen molar-refractivity contribution in [3.05, 3.63) is 42.1 Å². The van der Waals surface area contributed by atoms with Crippen molar-refractivity contribution in [3.63, 3.8) is 0 Å². The van der Waals surface area contributed by atoms with E-state index in [1.54, 1.807) is 13.2 Å². The molecule has 2 aromatic rings. The van der Waals surface area contributed by atoms with E-state index in [1.165, 1.54) is 0 Å². The summed E-state index contributed by atoms with van der Waals surface area (Å²) in [7, 11) is 3.54. The summed E-state index contributed by atoms with van der Waals surface area (Å²) in [6.45, 7) is -0.0977. The topological polar surface area (TPSA) is 58.5 Å². The van der Waals surface area contributed by atoms with Gasteiger partial charge < -0.3 is 14.7 Å². The highest BCUT2D eigenvalue weighted by Gasteiger charge is 2.06. The minimum absolute atomic E-state index is 0.0977. The van der Waals surface area contributed by atoms with E-state index in [-0.39, 0.29) is 6.61 Å². The molecular weight excluding hydrogens is 230 g/mol. The minimum atomic E-state index is -0.0977. The molecule has 0 aliphatic carbocycles. The van der Waals surface area contributed by atoms with Crippen molar-refractivity contribution >= 4 is 11.5 Å². The molecule has 0 atom stereocenters. The number of methoxy groups -OCH3 is 1. The van der Waals surface area contributed by atoms with Gasteiger partial charge in [-0.1, -0.05) is 0 Å². The number of aliphatic hydroxyl groups excluding tert-OH is 1. The zero-order valence-corrected chi connectivity index (χ0v) is 10.4. The highest BCUT2D eigenvalue weighted by molar-refractivity contribution is 5.59. The maximum atomic E-state index is 8.91. The molecule has 0 unspecified atom stereocenters. The summed E-state index contributed by atoms with van der Waals surface area (Å²) in [5.74, 6) is 1.53. The third-order valence-electron chi connectivity index (χ3n) is 2.67. The summed E-state index contributed by atoms with van der Waals surface area (Å²) in [6.07, 6.45) is 0. The molecule has 1 heterocycles. The first-order chi connectivity index (χ1) is 8.74. The molecule has 2 rings (SSSR count). The normalized spacial score (nSPS) is 10.2. The van der Waals surface area contributed by atoms with Crippen LogP contribution in [0.25, 0.3) is 0 Å². The van der Waals surface area contributed by atoms with Gasteiger partial charge in [0, 0.05) is 12.7 Å². The third kappa shape index (κ3) is 2.57. The molecule has 0 amide bonds. The van der Waals surface area contributed by atoms with Crippen molar-refractivity contribution in [2.45, 2.75) is 6.61 Å². The molecule has 0 saturated carbocycles. The number of aromatic nitrogens is 2. The Morgan fingerprint density at radius 3 is 2.33 bits per heavy atom. The fourth-order valence-corrected chi connectivity index (χ4v) is 1.55. The van der Waals surface area contributed by atoms with Gasteiger partial charge in [-0.3, -0.25) is 0 Å². The Labute approximate surface area is 106 Å². The summed E-state index contributed by atoms with van der Waals surface area (Å²) in [5.41, 5.74) is 1.55. The van der Waals surface area contributed by atoms with E-state index >= 15 is 0 Å². The molecule has 1 aromatic heterocycles. The molecule has 1 aromatic carbocycles. The summed E-state index contributed by atoms with van der Waals surface area (Å²) < 4.78 is 5.11. The lowest BCUT2D eigenvalue weighted by atomic mass is 10.3. The molecule has 0 aliphatic rings. The lowest BCUT2D eigenvalue weighted by Gasteiger charge is -2.17. The van der Waals surface area contributed by atoms with Crippen LogP contribution in [-0.4, -0.2) is 29.5 Å². The highest BCUT2D eigenvalue weighted by Crippen LogP contribution is 2.23. The summed E-state index contributed by atoms with van der Waals surface area (Å²) >= 11 is 0. The SMILES string of the molecule is COc1ccc(N(C)c2ccc(CO)nn2)cc1. The first-order valence-corrected chi connectivity index (χ1v) is 5.56. The van der Waals surface area contributed by atoms with Crippen LogP contribution in [0.4, 0.5) is 11.5 Å². The van der Waals surface area contributed by atoms with E-state index < -0.39 is 0 Å². The van der Waals surface area contributed by atoms with E-state index in [9.17, 15) is 0 Å². The van der Waals surface area contributed by atoms with E-state index in [1.807, 2.05) is 42.3 Å². The van der Waals surface area contributed by atoms with Crippen LogP contribution in [0.5, 0.6) is 5.75 Å². The average molecular weight is 245 g/mol. The van der Waals surface area contributed by atoms with Crippen molar-refractivity contribution < 1.29 is 9.84 Å². The van der Waals surface area contributed by atoms with Gasteiger partial charge in [-0.15, -0.1) is 5.10 Å². The molecular formula is C13H15N3O2. The van der Waals surface area contributed by atoms with Gasteiger partial charge >= 0.3 is 0 Å². The van der Waals surface area contributed by atoms with Crippen molar-refractivity contribution in [2.24, 2.45) is 0 Å². The second kappa shape index (κ2) is 5.46. The molecule has 5 heteroatoms. The second-order valence-electron chi connectivity index (χ2n) is 3.80. The number of rotatable bonds is 4. The molecule has 0 radical (unpaired) electrons. The quantitative estimate of drug-likeness (QED) is 0.889. The van der Waals surface area contributed by atoms with Crippen LogP contribution in [0.2, 0.25) is 0 Å². The average Bonchev–Trinajstić information content (AvgIpc) is 2.47. The van der Waals surface area contributed by atoms with E-state index in [2.05, 4.69) is 10.2 Å². The molecule has 0 saturated heterocycles. The third-order valence-corrected chi connectivity index (χ3v) is 2.67. The molecule has 94 valence electrons. The Kier molecular flexibility index (Phi) is 3.74. The fraction of sp³-hybridized carbons (Fsp3) is 0.231. The Morgan fingerprint density at radius 1 is 1.11 bits per heavy atom. The van der Waals surface area contributed by atoms with E-state index in [0.717, 1.165) is 17.3 Å². The Bertz CT molecular complexity index is 449. The Balaban J connectivity index is 2.20. The van der Waals surface area contributed by atoms with Gasteiger partial charge in [0.2, 0.25) is 0 Å². The van der Waals surface area contributed by atoms with Crippen LogP contribution in [0.3, 0.4) is 0 Å². The van der Waals surface area contributed by atoms with Crippen molar-refractivity contribution in [3.8, 4) is 5.75 Å². The molecule has 0 fully saturated rings. The highest BCUT2D eigenvalue weighted by atomic mass is 16.5. The number of benzene rings is 1. The maximum absolute atomic E-state index is 8.91. The maximum Gasteiger partial charge on any atom is 0.155 e. The second-order valence-corrected chi connectivity index (χ2v) is 3.80. The molecule has 1 N–H and O–H groups in total. The van der Waals surface area contributed by atoms with E-state index in [0.29, 0.717) is 5.69 Å². The van der Waals surface area contributed by atoms with Crippen LogP contribution in [-0.2, 0) is 6.61 Å². The van der Waals surface area contributed by atoms with Crippen LogP contribution in [0.15, 0.2) is 36.4 Å². The lowest BCUT2D eigenvalue weighted by molar-refractivity contribution is 0.275. The fourth-order valence-electron chi connectivity index (χ4n) is 1.55. The molecule has 18 heavy (non-hydrogen) atoms. The van der Waals surface area contributed by atoms with Crippen molar-refractivity contribution in [1.29, 1.82) is 0 Å². The number of anilines is 2. The van der Waals surface area contributed by atoms with Gasteiger partial charge in [0.05, 0.1) is 19.4 Å². The summed E-state index contributed by atoms with van der Waals surface area (Å²) in [5, 5.41) is 16.9. The summed E-state index contributed by atoms with van der Waals surface area (Å²) in [4.78, 5) is 1.91. The standard InChI is InChI=1S/C13H15N3O2/c1-16(11-4-6-12(18-2)7-5-11)13-8-3-10(9-17)14-15-13/h3-8,17H,9H2,1-2H3. The van der Waals surface area contributed by atoms with Crippen molar-refractivity contribution in [1.82, 2.24) is 10.2 Å². The number of ether oxygens (including phenoxy) is 1. The Hall–Kier alpha value is -2.14. The first-order valence-electron chi connectivity index (χ1n) is 5.56. The zero-order chi connectivity index (χ0) is 13.0. The van der Waals surface area contributed by atoms with Gasteiger partial charge in [-0.25, -0.2) is 0 Å². The molecule has 0 aliphatic heterocycles. The van der Waals surface area contributed by atoms with Gasteiger partial charge in [-0.2, -0.15) is 5.10 Å². The predicted octanol–water partition coefficient (Wildman–Crippen LogP) is 1.75. The predicted molar refractivity (Wildman–Crippen MR) is 69.0 cm³/mol. The van der Waals surface area contributed by atoms with Crippen molar-refractivity contribution in [2.75, 3.05) is 19.1 Å². The monoisotopic (exact) mass is 245 g/mol. The minimum Gasteiger partial charge on any atom is -0.497 e. The van der Waals surface area contributed by atoms with Gasteiger partial charge in [-0.05, 0) is 36.4 Å². The molecule has 0 spiro atoms. The van der Waals surface area contributed by atoms with Crippen LogP contribution in [0.1, 0.15) is 5.69 Å². The zero-order valence-electron chi connectivity index (χ0n) is 10.4. The lowest BCUT2D eigenvalue weighted by Crippen LogP contribution is -2.12. The number of hydrogen-bond acceptors (Lipinski definition) is 5. The van der Waals surface area contributed by atoms with Crippen LogP contribution in [0, 0.1) is 0 Å². The number of nitrogens with zero attached hydrogens (tertiary/aromatic N) is 3. The molecule has 5 nitrogen and oxygen atoms in total. The van der Waals surface area contributed by atoms with Crippen LogP contribution < -0.4 is 9.64 Å². The van der Waals surface area contributed by atoms with Crippen LogP contribution >= 0.6 is 0 Å². The number of hydrogen-bond donors (Lipinski definition) is 1. The molecule has 0 bridgehead atoms. The van der Waals surface area contributed by atoms with Gasteiger partial charge in [0.25, 0.3) is 0 Å². The van der Waals surface area contributed by atoms with Gasteiger partial charge in [0.1, 0.15) is 5.75 Å². The largest absolute Gasteiger partial charge is 0.497 e. The Morgan fingerprint density at radius 2 is 1.83 bits per heavy atom. The summed E-state index contributed by atoms with van der Waals surface area (Å²) in [6, 6.07) is 11.2. The number of aliphatic hydroxyl groups is 1. The van der Waals surface area contributed by atoms with Gasteiger partial charge in [0.15, 0.2) is 5.82 Å². The van der Waals surface area contributed by atoms with E-state index in [4.69, 9.17) is 9.84 Å². The smallest absolute Gasteiger partial charge is 0.155 e.